The predicted octanol–water partition coefficient (Wildman–Crippen LogP) is 4.51. The first kappa shape index (κ1) is 14.9. The van der Waals surface area contributed by atoms with Crippen LogP contribution in [0.1, 0.15) is 44.6 Å². The van der Waals surface area contributed by atoms with E-state index in [9.17, 15) is 0 Å². The summed E-state index contributed by atoms with van der Waals surface area (Å²) in [5.74, 6) is 0.970. The molecule has 1 nitrogen and oxygen atoms in total. The van der Waals surface area contributed by atoms with Crippen LogP contribution >= 0.6 is 11.8 Å². The fourth-order valence-electron chi connectivity index (χ4n) is 2.44. The van der Waals surface area contributed by atoms with E-state index < -0.39 is 0 Å². The van der Waals surface area contributed by atoms with E-state index >= 15 is 0 Å². The van der Waals surface area contributed by atoms with E-state index in [-0.39, 0.29) is 0 Å². The van der Waals surface area contributed by atoms with Crippen molar-refractivity contribution < 1.29 is 0 Å². The molecule has 19 heavy (non-hydrogen) atoms. The van der Waals surface area contributed by atoms with Gasteiger partial charge in [0, 0.05) is 10.1 Å². The van der Waals surface area contributed by atoms with E-state index in [1.165, 1.54) is 49.0 Å². The minimum absolute atomic E-state index is 0.814. The average Bonchev–Trinajstić information content (AvgIpc) is 3.27. The Labute approximate surface area is 122 Å². The summed E-state index contributed by atoms with van der Waals surface area (Å²) in [5, 5.41) is 4.10. The lowest BCUT2D eigenvalue weighted by molar-refractivity contribution is 0.646. The second-order valence-electron chi connectivity index (χ2n) is 5.63. The minimum atomic E-state index is 0.814. The molecule has 0 radical (unpaired) electrons. The highest BCUT2D eigenvalue weighted by atomic mass is 32.2. The zero-order chi connectivity index (χ0) is 13.5. The number of hydrogen-bond donors (Lipinski definition) is 1. The monoisotopic (exact) mass is 277 g/mol. The molecule has 1 aromatic carbocycles. The molecular weight excluding hydrogens is 250 g/mol. The Morgan fingerprint density at radius 2 is 2.00 bits per heavy atom. The van der Waals surface area contributed by atoms with Gasteiger partial charge in [-0.2, -0.15) is 0 Å². The third kappa shape index (κ3) is 5.19. The van der Waals surface area contributed by atoms with Gasteiger partial charge in [-0.3, -0.25) is 0 Å². The summed E-state index contributed by atoms with van der Waals surface area (Å²) in [6.45, 7) is 3.40. The molecule has 0 amide bonds. The molecule has 1 N–H and O–H groups in total. The second-order valence-corrected chi connectivity index (χ2v) is 6.95. The van der Waals surface area contributed by atoms with Crippen LogP contribution in [-0.2, 0) is 6.42 Å². The van der Waals surface area contributed by atoms with Crippen molar-refractivity contribution in [2.45, 2.75) is 55.6 Å². The molecule has 2 rings (SSSR count). The second kappa shape index (κ2) is 7.96. The summed E-state index contributed by atoms with van der Waals surface area (Å²) in [5.41, 5.74) is 1.49. The topological polar surface area (TPSA) is 12.0 Å². The average molecular weight is 277 g/mol. The van der Waals surface area contributed by atoms with E-state index in [2.05, 4.69) is 55.3 Å². The molecular formula is C17H27NS. The van der Waals surface area contributed by atoms with Gasteiger partial charge in [0.25, 0.3) is 0 Å². The fourth-order valence-corrected chi connectivity index (χ4v) is 3.78. The molecule has 0 aliphatic heterocycles. The van der Waals surface area contributed by atoms with Crippen LogP contribution < -0.4 is 5.32 Å². The SMILES string of the molecule is CCCCc1ccc(SC(CCNC)C2CC2)cc1. The zero-order valence-corrected chi connectivity index (χ0v) is 13.1. The van der Waals surface area contributed by atoms with Crippen molar-refractivity contribution in [2.24, 2.45) is 5.92 Å². The third-order valence-electron chi connectivity index (χ3n) is 3.86. The van der Waals surface area contributed by atoms with Crippen LogP contribution in [0.2, 0.25) is 0 Å². The van der Waals surface area contributed by atoms with E-state index in [1.54, 1.807) is 0 Å². The van der Waals surface area contributed by atoms with Gasteiger partial charge in [0.2, 0.25) is 0 Å². The van der Waals surface area contributed by atoms with Gasteiger partial charge in [0.05, 0.1) is 0 Å². The number of rotatable bonds is 9. The molecule has 0 saturated heterocycles. The normalized spacial score (nSPS) is 16.5. The molecule has 106 valence electrons. The molecule has 0 bridgehead atoms. The quantitative estimate of drug-likeness (QED) is 0.667. The third-order valence-corrected chi connectivity index (χ3v) is 5.32. The van der Waals surface area contributed by atoms with Crippen LogP contribution in [0.5, 0.6) is 0 Å². The molecule has 1 fully saturated rings. The van der Waals surface area contributed by atoms with Crippen molar-refractivity contribution in [1.82, 2.24) is 5.32 Å². The minimum Gasteiger partial charge on any atom is -0.320 e. The van der Waals surface area contributed by atoms with Crippen molar-refractivity contribution in [1.29, 1.82) is 0 Å². The van der Waals surface area contributed by atoms with Crippen LogP contribution in [0.15, 0.2) is 29.2 Å². The Bertz CT molecular complexity index is 356. The van der Waals surface area contributed by atoms with Gasteiger partial charge in [0.1, 0.15) is 0 Å². The molecule has 0 heterocycles. The van der Waals surface area contributed by atoms with E-state index in [0.717, 1.165) is 17.7 Å². The summed E-state index contributed by atoms with van der Waals surface area (Å²) in [6.07, 6.45) is 7.99. The van der Waals surface area contributed by atoms with Gasteiger partial charge >= 0.3 is 0 Å². The first-order valence-corrected chi connectivity index (χ1v) is 8.61. The molecule has 1 atom stereocenters. The number of aryl methyl sites for hydroxylation is 1. The largest absolute Gasteiger partial charge is 0.320 e. The van der Waals surface area contributed by atoms with Crippen LogP contribution in [0.4, 0.5) is 0 Å². The first-order chi connectivity index (χ1) is 9.33. The first-order valence-electron chi connectivity index (χ1n) is 7.73. The maximum atomic E-state index is 3.29. The summed E-state index contributed by atoms with van der Waals surface area (Å²) >= 11 is 2.09. The molecule has 1 aliphatic rings. The molecule has 1 unspecified atom stereocenters. The van der Waals surface area contributed by atoms with Crippen molar-refractivity contribution in [3.8, 4) is 0 Å². The van der Waals surface area contributed by atoms with Gasteiger partial charge in [0.15, 0.2) is 0 Å². The standard InChI is InChI=1S/C17H27NS/c1-3-4-5-14-6-10-16(11-7-14)19-17(12-13-18-2)15-8-9-15/h6-7,10-11,15,17-18H,3-5,8-9,12-13H2,1-2H3. The lowest BCUT2D eigenvalue weighted by Gasteiger charge is -2.15. The molecule has 0 aromatic heterocycles. The summed E-state index contributed by atoms with van der Waals surface area (Å²) in [6, 6.07) is 9.29. The maximum Gasteiger partial charge on any atom is 0.0135 e. The highest BCUT2D eigenvalue weighted by Crippen LogP contribution is 2.43. The predicted molar refractivity (Wildman–Crippen MR) is 86.0 cm³/mol. The number of unbranched alkanes of at least 4 members (excludes halogenated alkanes) is 1. The maximum absolute atomic E-state index is 3.29. The van der Waals surface area contributed by atoms with E-state index in [1.807, 2.05) is 0 Å². The number of thioether (sulfide) groups is 1. The van der Waals surface area contributed by atoms with Crippen molar-refractivity contribution in [2.75, 3.05) is 13.6 Å². The Morgan fingerprint density at radius 1 is 1.26 bits per heavy atom. The van der Waals surface area contributed by atoms with Crippen molar-refractivity contribution in [3.05, 3.63) is 29.8 Å². The Morgan fingerprint density at radius 3 is 2.58 bits per heavy atom. The van der Waals surface area contributed by atoms with Crippen LogP contribution in [0.3, 0.4) is 0 Å². The van der Waals surface area contributed by atoms with Gasteiger partial charge in [-0.25, -0.2) is 0 Å². The van der Waals surface area contributed by atoms with Crippen molar-refractivity contribution in [3.63, 3.8) is 0 Å². The summed E-state index contributed by atoms with van der Waals surface area (Å²) < 4.78 is 0. The van der Waals surface area contributed by atoms with Gasteiger partial charge in [-0.15, -0.1) is 11.8 Å². The van der Waals surface area contributed by atoms with Crippen LogP contribution in [-0.4, -0.2) is 18.8 Å². The lowest BCUT2D eigenvalue weighted by atomic mass is 10.1. The molecule has 1 saturated carbocycles. The molecule has 1 aliphatic carbocycles. The fraction of sp³-hybridized carbons (Fsp3) is 0.647. The molecule has 0 spiro atoms. The Hall–Kier alpha value is -0.470. The lowest BCUT2D eigenvalue weighted by Crippen LogP contribution is -2.16. The van der Waals surface area contributed by atoms with Gasteiger partial charge < -0.3 is 5.32 Å². The Kier molecular flexibility index (Phi) is 6.25. The smallest absolute Gasteiger partial charge is 0.0135 e. The van der Waals surface area contributed by atoms with Crippen LogP contribution in [0.25, 0.3) is 0 Å². The summed E-state index contributed by atoms with van der Waals surface area (Å²) in [4.78, 5) is 1.45. The van der Waals surface area contributed by atoms with Crippen molar-refractivity contribution >= 4 is 11.8 Å². The highest BCUT2D eigenvalue weighted by molar-refractivity contribution is 8.00. The number of hydrogen-bond acceptors (Lipinski definition) is 2. The van der Waals surface area contributed by atoms with E-state index in [4.69, 9.17) is 0 Å². The highest BCUT2D eigenvalue weighted by Gasteiger charge is 2.31. The number of benzene rings is 1. The zero-order valence-electron chi connectivity index (χ0n) is 12.3. The summed E-state index contributed by atoms with van der Waals surface area (Å²) in [7, 11) is 2.05. The van der Waals surface area contributed by atoms with Gasteiger partial charge in [-0.1, -0.05) is 25.5 Å². The molecule has 2 heteroatoms. The van der Waals surface area contributed by atoms with E-state index in [0.29, 0.717) is 0 Å². The molecule has 1 aromatic rings. The Balaban J connectivity index is 1.86. The van der Waals surface area contributed by atoms with Crippen LogP contribution in [0, 0.1) is 5.92 Å². The van der Waals surface area contributed by atoms with Gasteiger partial charge in [-0.05, 0) is 69.3 Å². The number of nitrogens with one attached hydrogen (secondary N) is 1.